The number of aromatic nitrogens is 1. The van der Waals surface area contributed by atoms with E-state index in [1.54, 1.807) is 7.11 Å². The highest BCUT2D eigenvalue weighted by molar-refractivity contribution is 6.29. The molecule has 0 radical (unpaired) electrons. The van der Waals surface area contributed by atoms with Gasteiger partial charge in [-0.2, -0.15) is 0 Å². The summed E-state index contributed by atoms with van der Waals surface area (Å²) in [7, 11) is 1.55. The maximum Gasteiger partial charge on any atom is 0.257 e. The van der Waals surface area contributed by atoms with Gasteiger partial charge in [0.05, 0.1) is 17.9 Å². The van der Waals surface area contributed by atoms with Crippen molar-refractivity contribution in [3.63, 3.8) is 0 Å². The molecule has 116 valence electrons. The van der Waals surface area contributed by atoms with Crippen molar-refractivity contribution in [3.05, 3.63) is 53.1 Å². The highest BCUT2D eigenvalue weighted by Crippen LogP contribution is 2.26. The van der Waals surface area contributed by atoms with Gasteiger partial charge in [0.15, 0.2) is 0 Å². The number of anilines is 1. The van der Waals surface area contributed by atoms with Crippen molar-refractivity contribution in [2.75, 3.05) is 25.6 Å². The van der Waals surface area contributed by atoms with Crippen LogP contribution in [0.2, 0.25) is 5.15 Å². The molecule has 0 bridgehead atoms. The number of carbonyl (C=O) groups excluding carboxylic acids is 1. The molecule has 0 aliphatic heterocycles. The van der Waals surface area contributed by atoms with Crippen LogP contribution in [0.3, 0.4) is 0 Å². The molecule has 0 saturated carbocycles. The van der Waals surface area contributed by atoms with Gasteiger partial charge in [-0.05, 0) is 24.3 Å². The molecule has 22 heavy (non-hydrogen) atoms. The maximum absolute atomic E-state index is 13.4. The molecule has 0 aliphatic rings. The Labute approximate surface area is 132 Å². The molecular formula is C15H14ClFN2O3. The summed E-state index contributed by atoms with van der Waals surface area (Å²) in [6, 6.07) is 6.90. The SMILES string of the molecule is COCCOc1ccc(F)cc1NC(=O)c1ccc(Cl)nc1. The third kappa shape index (κ3) is 4.41. The predicted octanol–water partition coefficient (Wildman–Crippen LogP) is 3.15. The summed E-state index contributed by atoms with van der Waals surface area (Å²) < 4.78 is 23.7. The molecule has 0 fully saturated rings. The Hall–Kier alpha value is -2.18. The highest BCUT2D eigenvalue weighted by atomic mass is 35.5. The fraction of sp³-hybridized carbons (Fsp3) is 0.200. The lowest BCUT2D eigenvalue weighted by Crippen LogP contribution is -2.14. The highest BCUT2D eigenvalue weighted by Gasteiger charge is 2.11. The lowest BCUT2D eigenvalue weighted by Gasteiger charge is -2.12. The van der Waals surface area contributed by atoms with Crippen molar-refractivity contribution in [3.8, 4) is 5.75 Å². The molecule has 1 aromatic heterocycles. The van der Waals surface area contributed by atoms with Crippen LogP contribution in [0, 0.1) is 5.82 Å². The molecule has 0 unspecified atom stereocenters. The molecule has 1 amide bonds. The van der Waals surface area contributed by atoms with Gasteiger partial charge < -0.3 is 14.8 Å². The van der Waals surface area contributed by atoms with Gasteiger partial charge in [0.2, 0.25) is 0 Å². The fourth-order valence-corrected chi connectivity index (χ4v) is 1.78. The number of rotatable bonds is 6. The molecule has 1 N–H and O–H groups in total. The number of hydrogen-bond donors (Lipinski definition) is 1. The molecule has 0 saturated heterocycles. The molecule has 1 heterocycles. The van der Waals surface area contributed by atoms with E-state index in [2.05, 4.69) is 10.3 Å². The number of hydrogen-bond acceptors (Lipinski definition) is 4. The van der Waals surface area contributed by atoms with Gasteiger partial charge >= 0.3 is 0 Å². The molecule has 0 atom stereocenters. The first-order valence-electron chi connectivity index (χ1n) is 6.44. The second-order valence-electron chi connectivity index (χ2n) is 4.31. The Kier molecular flexibility index (Phi) is 5.68. The van der Waals surface area contributed by atoms with Crippen molar-refractivity contribution in [1.29, 1.82) is 0 Å². The van der Waals surface area contributed by atoms with Crippen LogP contribution in [0.1, 0.15) is 10.4 Å². The number of benzene rings is 1. The van der Waals surface area contributed by atoms with Crippen LogP contribution < -0.4 is 10.1 Å². The first-order valence-corrected chi connectivity index (χ1v) is 6.82. The second-order valence-corrected chi connectivity index (χ2v) is 4.69. The van der Waals surface area contributed by atoms with Gasteiger partial charge in [0.25, 0.3) is 5.91 Å². The van der Waals surface area contributed by atoms with Gasteiger partial charge in [0.1, 0.15) is 23.3 Å². The largest absolute Gasteiger partial charge is 0.489 e. The summed E-state index contributed by atoms with van der Waals surface area (Å²) in [6.45, 7) is 0.666. The van der Waals surface area contributed by atoms with E-state index in [1.165, 1.54) is 36.5 Å². The molecule has 0 aliphatic carbocycles. The van der Waals surface area contributed by atoms with Gasteiger partial charge in [-0.3, -0.25) is 4.79 Å². The summed E-state index contributed by atoms with van der Waals surface area (Å²) >= 11 is 5.67. The number of amides is 1. The predicted molar refractivity (Wildman–Crippen MR) is 81.0 cm³/mol. The molecule has 7 heteroatoms. The zero-order valence-electron chi connectivity index (χ0n) is 11.8. The van der Waals surface area contributed by atoms with Crippen LogP contribution in [0.25, 0.3) is 0 Å². The lowest BCUT2D eigenvalue weighted by molar-refractivity contribution is 0.102. The minimum absolute atomic E-state index is 0.232. The van der Waals surface area contributed by atoms with E-state index in [9.17, 15) is 9.18 Å². The maximum atomic E-state index is 13.4. The number of nitrogens with zero attached hydrogens (tertiary/aromatic N) is 1. The Bertz CT molecular complexity index is 650. The summed E-state index contributed by atoms with van der Waals surface area (Å²) in [5, 5.41) is 2.87. The van der Waals surface area contributed by atoms with Crippen molar-refractivity contribution in [2.45, 2.75) is 0 Å². The quantitative estimate of drug-likeness (QED) is 0.655. The third-order valence-electron chi connectivity index (χ3n) is 2.72. The van der Waals surface area contributed by atoms with E-state index in [1.807, 2.05) is 0 Å². The fourth-order valence-electron chi connectivity index (χ4n) is 1.67. The van der Waals surface area contributed by atoms with E-state index in [0.717, 1.165) is 0 Å². The zero-order chi connectivity index (χ0) is 15.9. The number of nitrogens with one attached hydrogen (secondary N) is 1. The number of halogens is 2. The Morgan fingerprint density at radius 2 is 2.14 bits per heavy atom. The van der Waals surface area contributed by atoms with Crippen LogP contribution in [0.15, 0.2) is 36.5 Å². The van der Waals surface area contributed by atoms with Gasteiger partial charge in [-0.25, -0.2) is 9.37 Å². The van der Waals surface area contributed by atoms with E-state index in [4.69, 9.17) is 21.1 Å². The van der Waals surface area contributed by atoms with Gasteiger partial charge in [0, 0.05) is 19.4 Å². The minimum atomic E-state index is -0.483. The minimum Gasteiger partial charge on any atom is -0.489 e. The van der Waals surface area contributed by atoms with E-state index < -0.39 is 11.7 Å². The Morgan fingerprint density at radius 1 is 1.32 bits per heavy atom. The molecule has 1 aromatic carbocycles. The molecule has 2 aromatic rings. The summed E-state index contributed by atoms with van der Waals surface area (Å²) in [4.78, 5) is 15.9. The first-order chi connectivity index (χ1) is 10.6. The van der Waals surface area contributed by atoms with Crippen LogP contribution >= 0.6 is 11.6 Å². The van der Waals surface area contributed by atoms with Crippen molar-refractivity contribution < 1.29 is 18.7 Å². The van der Waals surface area contributed by atoms with E-state index in [-0.39, 0.29) is 17.4 Å². The molecule has 0 spiro atoms. The summed E-state index contributed by atoms with van der Waals surface area (Å²) in [6.07, 6.45) is 1.34. The molecule has 5 nitrogen and oxygen atoms in total. The standard InChI is InChI=1S/C15H14ClFN2O3/c1-21-6-7-22-13-4-3-11(17)8-12(13)19-15(20)10-2-5-14(16)18-9-10/h2-5,8-9H,6-7H2,1H3,(H,19,20). The topological polar surface area (TPSA) is 60.5 Å². The monoisotopic (exact) mass is 324 g/mol. The smallest absolute Gasteiger partial charge is 0.257 e. The van der Waals surface area contributed by atoms with Crippen molar-refractivity contribution in [1.82, 2.24) is 4.98 Å². The van der Waals surface area contributed by atoms with E-state index >= 15 is 0 Å². The van der Waals surface area contributed by atoms with Crippen molar-refractivity contribution in [2.24, 2.45) is 0 Å². The Morgan fingerprint density at radius 3 is 2.82 bits per heavy atom. The average Bonchev–Trinajstić information content (AvgIpc) is 2.50. The molecular weight excluding hydrogens is 311 g/mol. The Balaban J connectivity index is 2.14. The van der Waals surface area contributed by atoms with Crippen LogP contribution in [-0.2, 0) is 4.74 Å². The summed E-state index contributed by atoms with van der Waals surface area (Å²) in [5.74, 6) is -0.566. The van der Waals surface area contributed by atoms with Crippen LogP contribution in [0.4, 0.5) is 10.1 Å². The van der Waals surface area contributed by atoms with Crippen molar-refractivity contribution >= 4 is 23.2 Å². The van der Waals surface area contributed by atoms with Gasteiger partial charge in [-0.1, -0.05) is 11.6 Å². The normalized spacial score (nSPS) is 10.3. The van der Waals surface area contributed by atoms with E-state index in [0.29, 0.717) is 17.9 Å². The van der Waals surface area contributed by atoms with Crippen LogP contribution in [0.5, 0.6) is 5.75 Å². The number of ether oxygens (including phenoxy) is 2. The first kappa shape index (κ1) is 16.2. The zero-order valence-corrected chi connectivity index (χ0v) is 12.6. The number of carbonyl (C=O) groups is 1. The van der Waals surface area contributed by atoms with Crippen LogP contribution in [-0.4, -0.2) is 31.2 Å². The molecule has 2 rings (SSSR count). The average molecular weight is 325 g/mol. The summed E-state index contributed by atoms with van der Waals surface area (Å²) in [5.41, 5.74) is 0.535. The number of methoxy groups -OCH3 is 1. The number of pyridine rings is 1. The second kappa shape index (κ2) is 7.72. The third-order valence-corrected chi connectivity index (χ3v) is 2.95. The van der Waals surface area contributed by atoms with Gasteiger partial charge in [-0.15, -0.1) is 0 Å². The lowest BCUT2D eigenvalue weighted by atomic mass is 10.2.